The van der Waals surface area contributed by atoms with E-state index in [0.717, 1.165) is 45.1 Å². The largest absolute Gasteiger partial charge is 0.493 e. The first-order chi connectivity index (χ1) is 23.7. The highest BCUT2D eigenvalue weighted by atomic mass is 16.5. The van der Waals surface area contributed by atoms with Crippen LogP contribution in [0.2, 0.25) is 0 Å². The Labute approximate surface area is 288 Å². The van der Waals surface area contributed by atoms with Gasteiger partial charge in [0.2, 0.25) is 0 Å². The minimum atomic E-state index is -0.430. The summed E-state index contributed by atoms with van der Waals surface area (Å²) in [4.78, 5) is 13.9. The molecule has 9 heteroatoms. The summed E-state index contributed by atoms with van der Waals surface area (Å²) in [5.74, 6) is 3.57. The van der Waals surface area contributed by atoms with E-state index >= 15 is 0 Å². The first-order valence-corrected chi connectivity index (χ1v) is 17.2. The molecule has 0 aliphatic carbocycles. The van der Waals surface area contributed by atoms with Crippen molar-refractivity contribution in [1.29, 1.82) is 0 Å². The summed E-state index contributed by atoms with van der Waals surface area (Å²) in [5, 5.41) is 1.49. The van der Waals surface area contributed by atoms with E-state index in [-0.39, 0.29) is 6.10 Å². The van der Waals surface area contributed by atoms with Gasteiger partial charge in [0, 0.05) is 34.5 Å². The number of unbranched alkanes of at least 4 members (excludes halogenated alkanes) is 2. The van der Waals surface area contributed by atoms with E-state index in [1.165, 1.54) is 19.3 Å². The van der Waals surface area contributed by atoms with E-state index in [1.807, 2.05) is 50.2 Å². The standard InChI is InChI=1S/C35H37NO8.C5H12/c1-8-13-42-29-15-21(9-10-24(29)38-4)31-32-23-17-28(41-7)30(43-19(2)3)18-25(23)44-35(37)34(32)36-12-11-20-14-26(39-5)27(40-6)16-22(20)33(31)36;1-3-5-4-2/h9-10,14-19H,8,11-13H2,1-7H3;3-5H2,1-2H3. The minimum absolute atomic E-state index is 0.0986. The number of methoxy groups -OCH3 is 4. The van der Waals surface area contributed by atoms with Gasteiger partial charge in [-0.2, -0.15) is 0 Å². The molecule has 0 N–H and O–H groups in total. The molecular formula is C40H49NO8. The summed E-state index contributed by atoms with van der Waals surface area (Å²) in [5.41, 5.74) is 5.12. The Hall–Kier alpha value is -4.79. The number of benzene rings is 3. The number of fused-ring (bicyclic) bond motifs is 7. The fourth-order valence-corrected chi connectivity index (χ4v) is 6.44. The maximum atomic E-state index is 13.9. The quantitative estimate of drug-likeness (QED) is 0.121. The van der Waals surface area contributed by atoms with E-state index in [1.54, 1.807) is 34.5 Å². The van der Waals surface area contributed by atoms with Gasteiger partial charge in [0.25, 0.3) is 0 Å². The maximum Gasteiger partial charge on any atom is 0.361 e. The van der Waals surface area contributed by atoms with Crippen molar-refractivity contribution in [3.8, 4) is 56.9 Å². The van der Waals surface area contributed by atoms with Crippen LogP contribution in [0.4, 0.5) is 0 Å². The van der Waals surface area contributed by atoms with Crippen molar-refractivity contribution >= 4 is 21.9 Å². The van der Waals surface area contributed by atoms with Crippen molar-refractivity contribution in [3.05, 3.63) is 58.4 Å². The molecule has 9 nitrogen and oxygen atoms in total. The topological polar surface area (TPSA) is 90.5 Å². The summed E-state index contributed by atoms with van der Waals surface area (Å²) in [6.07, 6.45) is 5.52. The van der Waals surface area contributed by atoms with Crippen molar-refractivity contribution in [2.24, 2.45) is 0 Å². The van der Waals surface area contributed by atoms with Crippen LogP contribution in [-0.4, -0.2) is 45.7 Å². The molecule has 0 amide bonds. The average molecular weight is 672 g/mol. The van der Waals surface area contributed by atoms with E-state index < -0.39 is 5.63 Å². The second-order valence-corrected chi connectivity index (χ2v) is 12.3. The predicted molar refractivity (Wildman–Crippen MR) is 196 cm³/mol. The summed E-state index contributed by atoms with van der Waals surface area (Å²) in [6.45, 7) is 11.5. The normalized spacial score (nSPS) is 11.9. The maximum absolute atomic E-state index is 13.9. The Kier molecular flexibility index (Phi) is 11.3. The molecule has 0 unspecified atom stereocenters. The second-order valence-electron chi connectivity index (χ2n) is 12.3. The highest BCUT2D eigenvalue weighted by Crippen LogP contribution is 2.50. The smallest absolute Gasteiger partial charge is 0.361 e. The van der Waals surface area contributed by atoms with Gasteiger partial charge in [-0.3, -0.25) is 0 Å². The lowest BCUT2D eigenvalue weighted by Crippen LogP contribution is -2.15. The number of aromatic nitrogens is 1. The first-order valence-electron chi connectivity index (χ1n) is 17.2. The molecule has 0 saturated carbocycles. The highest BCUT2D eigenvalue weighted by molar-refractivity contribution is 6.17. The zero-order valence-corrected chi connectivity index (χ0v) is 30.3. The fourth-order valence-electron chi connectivity index (χ4n) is 6.44. The molecule has 0 atom stereocenters. The molecule has 3 aromatic carbocycles. The number of hydrogen-bond donors (Lipinski definition) is 0. The fraction of sp³-hybridized carbons (Fsp3) is 0.425. The van der Waals surface area contributed by atoms with Gasteiger partial charge in [-0.15, -0.1) is 0 Å². The van der Waals surface area contributed by atoms with Crippen molar-refractivity contribution in [2.45, 2.75) is 79.4 Å². The monoisotopic (exact) mass is 671 g/mol. The third kappa shape index (κ3) is 6.89. The van der Waals surface area contributed by atoms with Crippen molar-refractivity contribution in [2.75, 3.05) is 35.0 Å². The zero-order chi connectivity index (χ0) is 35.2. The molecule has 5 aromatic rings. The summed E-state index contributed by atoms with van der Waals surface area (Å²) >= 11 is 0. The molecule has 1 aliphatic rings. The highest BCUT2D eigenvalue weighted by Gasteiger charge is 2.31. The molecule has 0 saturated heterocycles. The molecule has 1 aliphatic heterocycles. The summed E-state index contributed by atoms with van der Waals surface area (Å²) in [7, 11) is 6.48. The van der Waals surface area contributed by atoms with Crippen molar-refractivity contribution in [3.63, 3.8) is 0 Å². The summed E-state index contributed by atoms with van der Waals surface area (Å²) in [6, 6.07) is 13.5. The average Bonchev–Trinajstić information content (AvgIpc) is 3.46. The number of rotatable bonds is 12. The zero-order valence-electron chi connectivity index (χ0n) is 30.3. The molecule has 2 aromatic heterocycles. The molecule has 0 fully saturated rings. The van der Waals surface area contributed by atoms with E-state index in [2.05, 4.69) is 25.3 Å². The van der Waals surface area contributed by atoms with E-state index in [0.29, 0.717) is 65.2 Å². The van der Waals surface area contributed by atoms with Crippen LogP contribution in [0.15, 0.2) is 51.7 Å². The Balaban J connectivity index is 0.000000874. The number of hydrogen-bond acceptors (Lipinski definition) is 8. The lowest BCUT2D eigenvalue weighted by Gasteiger charge is -2.23. The minimum Gasteiger partial charge on any atom is -0.493 e. The SMILES string of the molecule is CCCCC.CCCOc1cc(-c2c3n(c4c(=O)oc5cc(OC(C)C)c(OC)cc5c24)CCc2cc(OC)c(OC)cc2-3)ccc1OC. The first kappa shape index (κ1) is 35.5. The molecule has 3 heterocycles. The molecule has 262 valence electrons. The van der Waals surface area contributed by atoms with Gasteiger partial charge in [-0.05, 0) is 68.1 Å². The van der Waals surface area contributed by atoms with Crippen LogP contribution in [-0.2, 0) is 13.0 Å². The van der Waals surface area contributed by atoms with Gasteiger partial charge >= 0.3 is 5.63 Å². The van der Waals surface area contributed by atoms with Crippen molar-refractivity contribution < 1.29 is 32.8 Å². The molecule has 0 spiro atoms. The second kappa shape index (κ2) is 15.6. The molecule has 6 rings (SSSR count). The van der Waals surface area contributed by atoms with Crippen molar-refractivity contribution in [1.82, 2.24) is 4.57 Å². The number of aryl methyl sites for hydroxylation is 2. The number of nitrogens with zero attached hydrogens (tertiary/aromatic N) is 1. The van der Waals surface area contributed by atoms with Gasteiger partial charge in [0.15, 0.2) is 34.5 Å². The van der Waals surface area contributed by atoms with Gasteiger partial charge in [0.05, 0.1) is 46.8 Å². The van der Waals surface area contributed by atoms with Crippen LogP contribution in [0.1, 0.15) is 65.9 Å². The van der Waals surface area contributed by atoms with Gasteiger partial charge in [-0.1, -0.05) is 46.1 Å². The van der Waals surface area contributed by atoms with Gasteiger partial charge in [-0.25, -0.2) is 4.79 Å². The molecule has 0 radical (unpaired) electrons. The van der Waals surface area contributed by atoms with Crippen LogP contribution in [0.5, 0.6) is 34.5 Å². The van der Waals surface area contributed by atoms with Gasteiger partial charge in [0.1, 0.15) is 11.1 Å². The Bertz CT molecular complexity index is 1990. The van der Waals surface area contributed by atoms with Crippen LogP contribution < -0.4 is 34.0 Å². The Morgan fingerprint density at radius 2 is 1.45 bits per heavy atom. The molecule has 0 bridgehead atoms. The molecule has 49 heavy (non-hydrogen) atoms. The van der Waals surface area contributed by atoms with Crippen LogP contribution in [0.3, 0.4) is 0 Å². The van der Waals surface area contributed by atoms with Crippen LogP contribution in [0.25, 0.3) is 44.3 Å². The van der Waals surface area contributed by atoms with E-state index in [9.17, 15) is 4.79 Å². The third-order valence-corrected chi connectivity index (χ3v) is 8.65. The lowest BCUT2D eigenvalue weighted by molar-refractivity contribution is 0.230. The lowest BCUT2D eigenvalue weighted by atomic mass is 9.91. The number of ether oxygens (including phenoxy) is 6. The van der Waals surface area contributed by atoms with Crippen LogP contribution >= 0.6 is 0 Å². The molecular weight excluding hydrogens is 622 g/mol. The van der Waals surface area contributed by atoms with Gasteiger partial charge < -0.3 is 37.4 Å². The third-order valence-electron chi connectivity index (χ3n) is 8.65. The Morgan fingerprint density at radius 1 is 0.776 bits per heavy atom. The van der Waals surface area contributed by atoms with E-state index in [4.69, 9.17) is 32.8 Å². The predicted octanol–water partition coefficient (Wildman–Crippen LogP) is 9.44. The summed E-state index contributed by atoms with van der Waals surface area (Å²) < 4.78 is 42.9. The Morgan fingerprint density at radius 3 is 2.06 bits per heavy atom. The van der Waals surface area contributed by atoms with Crippen LogP contribution in [0, 0.1) is 0 Å².